The first kappa shape index (κ1) is 23.7. The van der Waals surface area contributed by atoms with Gasteiger partial charge >= 0.3 is 0 Å². The molecule has 1 atom stereocenters. The average Bonchev–Trinajstić information content (AvgIpc) is 3.56. The van der Waals surface area contributed by atoms with Crippen molar-refractivity contribution in [1.82, 2.24) is 14.6 Å². The first-order valence-electron chi connectivity index (χ1n) is 11.3. The van der Waals surface area contributed by atoms with E-state index in [0.717, 1.165) is 15.4 Å². The number of halogens is 1. The molecule has 1 amide bonds. The molecule has 1 aliphatic heterocycles. The number of fused-ring (bicyclic) bond motifs is 1. The van der Waals surface area contributed by atoms with Crippen molar-refractivity contribution in [3.63, 3.8) is 0 Å². The predicted molar refractivity (Wildman–Crippen MR) is 129 cm³/mol. The summed E-state index contributed by atoms with van der Waals surface area (Å²) in [4.78, 5) is 17.3. The van der Waals surface area contributed by atoms with Crippen LogP contribution in [0.1, 0.15) is 24.1 Å². The van der Waals surface area contributed by atoms with Crippen LogP contribution in [0.5, 0.6) is 0 Å². The van der Waals surface area contributed by atoms with Crippen LogP contribution in [0.15, 0.2) is 76.4 Å². The van der Waals surface area contributed by atoms with Gasteiger partial charge < -0.3 is 9.73 Å². The maximum Gasteiger partial charge on any atom is 0.277 e. The van der Waals surface area contributed by atoms with Crippen LogP contribution in [0.4, 0.5) is 4.39 Å². The number of sulfonamides is 1. The van der Waals surface area contributed by atoms with E-state index in [1.807, 2.05) is 24.3 Å². The molecule has 3 heterocycles. The maximum absolute atomic E-state index is 13.5. The minimum atomic E-state index is -4.09. The molecule has 4 aromatic rings. The first-order chi connectivity index (χ1) is 17.3. The van der Waals surface area contributed by atoms with Gasteiger partial charge in [0.2, 0.25) is 11.0 Å². The molecule has 1 saturated heterocycles. The van der Waals surface area contributed by atoms with E-state index in [-0.39, 0.29) is 23.8 Å². The SMILES string of the molecule is N#Cc1ccc(-c2ccnc(CNC(=O)[C@@H]3CCCN3S(=O)(=O)c3cc4cc(F)ccc4o3)c2)cc1. The number of hydrogen-bond donors (Lipinski definition) is 1. The third kappa shape index (κ3) is 4.58. The largest absolute Gasteiger partial charge is 0.443 e. The first-order valence-corrected chi connectivity index (χ1v) is 12.7. The predicted octanol–water partition coefficient (Wildman–Crippen LogP) is 3.98. The van der Waals surface area contributed by atoms with E-state index in [0.29, 0.717) is 29.5 Å². The van der Waals surface area contributed by atoms with Crippen LogP contribution in [0, 0.1) is 17.1 Å². The van der Waals surface area contributed by atoms with E-state index in [2.05, 4.69) is 16.4 Å². The molecule has 2 aromatic heterocycles. The zero-order chi connectivity index (χ0) is 25.3. The van der Waals surface area contributed by atoms with Crippen LogP contribution < -0.4 is 5.32 Å². The molecule has 10 heteroatoms. The quantitative estimate of drug-likeness (QED) is 0.425. The van der Waals surface area contributed by atoms with Gasteiger partial charge in [0.05, 0.1) is 23.9 Å². The molecule has 1 aliphatic rings. The Morgan fingerprint density at radius 2 is 1.94 bits per heavy atom. The highest BCUT2D eigenvalue weighted by atomic mass is 32.2. The summed E-state index contributed by atoms with van der Waals surface area (Å²) in [6, 6.07) is 17.0. The third-order valence-electron chi connectivity index (χ3n) is 6.13. The highest BCUT2D eigenvalue weighted by Crippen LogP contribution is 2.30. The molecule has 5 rings (SSSR count). The number of benzene rings is 2. The molecule has 0 saturated carbocycles. The van der Waals surface area contributed by atoms with E-state index in [1.54, 1.807) is 18.3 Å². The molecule has 0 unspecified atom stereocenters. The lowest BCUT2D eigenvalue weighted by atomic mass is 10.0. The summed E-state index contributed by atoms with van der Waals surface area (Å²) < 4.78 is 46.6. The maximum atomic E-state index is 13.5. The van der Waals surface area contributed by atoms with Gasteiger partial charge in [0, 0.05) is 24.2 Å². The highest BCUT2D eigenvalue weighted by Gasteiger charge is 2.41. The van der Waals surface area contributed by atoms with E-state index in [1.165, 1.54) is 24.3 Å². The zero-order valence-corrected chi connectivity index (χ0v) is 19.8. The second-order valence-electron chi connectivity index (χ2n) is 8.46. The number of nitrogens with zero attached hydrogens (tertiary/aromatic N) is 3. The standard InChI is InChI=1S/C26H21FN4O4S/c27-21-7-8-24-20(12-21)14-25(35-24)36(33,34)31-11-1-2-23(31)26(32)30-16-22-13-19(9-10-29-22)18-5-3-17(15-28)4-6-18/h3-10,12-14,23H,1-2,11,16H2,(H,30,32)/t23-/m0/s1. The number of rotatable bonds is 6. The number of nitrogens with one attached hydrogen (secondary N) is 1. The van der Waals surface area contributed by atoms with Gasteiger partial charge in [-0.15, -0.1) is 0 Å². The molecule has 1 fully saturated rings. The second-order valence-corrected chi connectivity index (χ2v) is 10.3. The van der Waals surface area contributed by atoms with E-state index >= 15 is 0 Å². The summed E-state index contributed by atoms with van der Waals surface area (Å²) in [7, 11) is -4.09. The van der Waals surface area contributed by atoms with Crippen molar-refractivity contribution in [1.29, 1.82) is 5.26 Å². The van der Waals surface area contributed by atoms with Gasteiger partial charge in [0.15, 0.2) is 0 Å². The molecule has 1 N–H and O–H groups in total. The Morgan fingerprint density at radius 1 is 1.14 bits per heavy atom. The van der Waals surface area contributed by atoms with Gasteiger partial charge in [-0.05, 0) is 66.4 Å². The Balaban J connectivity index is 1.30. The summed E-state index contributed by atoms with van der Waals surface area (Å²) in [5, 5.41) is 11.8. The molecular formula is C26H21FN4O4S. The molecular weight excluding hydrogens is 483 g/mol. The van der Waals surface area contributed by atoms with Gasteiger partial charge in [-0.3, -0.25) is 9.78 Å². The summed E-state index contributed by atoms with van der Waals surface area (Å²) in [6.45, 7) is 0.301. The van der Waals surface area contributed by atoms with Crippen LogP contribution in [0.2, 0.25) is 0 Å². The van der Waals surface area contributed by atoms with Crippen LogP contribution in [-0.2, 0) is 21.4 Å². The molecule has 0 bridgehead atoms. The molecule has 0 spiro atoms. The summed E-state index contributed by atoms with van der Waals surface area (Å²) in [5.41, 5.74) is 3.21. The third-order valence-corrected chi connectivity index (χ3v) is 7.90. The van der Waals surface area contributed by atoms with E-state index in [4.69, 9.17) is 9.68 Å². The number of amides is 1. The van der Waals surface area contributed by atoms with Crippen molar-refractivity contribution < 1.29 is 22.0 Å². The van der Waals surface area contributed by atoms with Crippen LogP contribution in [0.3, 0.4) is 0 Å². The lowest BCUT2D eigenvalue weighted by molar-refractivity contribution is -0.124. The van der Waals surface area contributed by atoms with Gasteiger partial charge in [-0.2, -0.15) is 9.57 Å². The monoisotopic (exact) mass is 504 g/mol. The van der Waals surface area contributed by atoms with Gasteiger partial charge in [-0.25, -0.2) is 12.8 Å². The van der Waals surface area contributed by atoms with Crippen LogP contribution in [-0.4, -0.2) is 36.2 Å². The van der Waals surface area contributed by atoms with Gasteiger partial charge in [0.25, 0.3) is 10.0 Å². The van der Waals surface area contributed by atoms with Crippen LogP contribution in [0.25, 0.3) is 22.1 Å². The topological polar surface area (TPSA) is 116 Å². The summed E-state index contributed by atoms with van der Waals surface area (Å²) in [5.74, 6) is -0.925. The van der Waals surface area contributed by atoms with E-state index in [9.17, 15) is 17.6 Å². The normalized spacial score (nSPS) is 16.2. The van der Waals surface area contributed by atoms with Crippen LogP contribution >= 0.6 is 0 Å². The number of pyridine rings is 1. The fourth-order valence-electron chi connectivity index (χ4n) is 4.31. The van der Waals surface area contributed by atoms with Crippen molar-refractivity contribution in [2.45, 2.75) is 30.5 Å². The Hall–Kier alpha value is -4.07. The Labute approximate surface area is 207 Å². The Bertz CT molecular complexity index is 1590. The van der Waals surface area contributed by atoms with Crippen molar-refractivity contribution in [3.8, 4) is 17.2 Å². The lowest BCUT2D eigenvalue weighted by Gasteiger charge is -2.22. The van der Waals surface area contributed by atoms with Gasteiger partial charge in [0.1, 0.15) is 17.4 Å². The molecule has 182 valence electrons. The van der Waals surface area contributed by atoms with E-state index < -0.39 is 27.8 Å². The van der Waals surface area contributed by atoms with Gasteiger partial charge in [-0.1, -0.05) is 12.1 Å². The number of carbonyl (C=O) groups is 1. The minimum absolute atomic E-state index is 0.122. The fourth-order valence-corrected chi connectivity index (χ4v) is 5.92. The average molecular weight is 505 g/mol. The molecule has 0 aliphatic carbocycles. The molecule has 8 nitrogen and oxygen atoms in total. The number of aromatic nitrogens is 1. The Morgan fingerprint density at radius 3 is 2.72 bits per heavy atom. The van der Waals surface area contributed by atoms with Crippen molar-refractivity contribution in [2.24, 2.45) is 0 Å². The molecule has 36 heavy (non-hydrogen) atoms. The van der Waals surface area contributed by atoms with Crippen molar-refractivity contribution >= 4 is 26.9 Å². The smallest absolute Gasteiger partial charge is 0.277 e. The lowest BCUT2D eigenvalue weighted by Crippen LogP contribution is -2.45. The number of hydrogen-bond acceptors (Lipinski definition) is 6. The number of furan rings is 1. The number of carbonyl (C=O) groups excluding carboxylic acids is 1. The molecule has 2 aromatic carbocycles. The highest BCUT2D eigenvalue weighted by molar-refractivity contribution is 7.89. The fraction of sp³-hybridized carbons (Fsp3) is 0.192. The van der Waals surface area contributed by atoms with Crippen molar-refractivity contribution in [2.75, 3.05) is 6.54 Å². The molecule has 0 radical (unpaired) electrons. The Kier molecular flexibility index (Phi) is 6.26. The second kappa shape index (κ2) is 9.53. The minimum Gasteiger partial charge on any atom is -0.443 e. The number of nitriles is 1. The summed E-state index contributed by atoms with van der Waals surface area (Å²) >= 11 is 0. The summed E-state index contributed by atoms with van der Waals surface area (Å²) in [6.07, 6.45) is 2.53. The van der Waals surface area contributed by atoms with Crippen molar-refractivity contribution in [3.05, 3.63) is 83.9 Å². The zero-order valence-electron chi connectivity index (χ0n) is 19.0.